The zero-order chi connectivity index (χ0) is 14.7. The van der Waals surface area contributed by atoms with E-state index in [0.717, 1.165) is 31.6 Å². The molecule has 2 unspecified atom stereocenters. The molecule has 1 fully saturated rings. The molecule has 0 aromatic heterocycles. The van der Waals surface area contributed by atoms with Crippen LogP contribution in [-0.4, -0.2) is 29.6 Å². The first-order chi connectivity index (χ1) is 9.45. The molecule has 1 aromatic rings. The molecule has 0 radical (unpaired) electrons. The number of piperidine rings is 1. The van der Waals surface area contributed by atoms with Gasteiger partial charge in [0.25, 0.3) is 0 Å². The van der Waals surface area contributed by atoms with Crippen molar-refractivity contribution in [1.82, 2.24) is 4.90 Å². The van der Waals surface area contributed by atoms with Gasteiger partial charge in [-0.05, 0) is 36.5 Å². The molecule has 1 aliphatic rings. The van der Waals surface area contributed by atoms with Gasteiger partial charge in [-0.2, -0.15) is 0 Å². The lowest BCUT2D eigenvalue weighted by Crippen LogP contribution is -2.43. The maximum atomic E-state index is 13.1. The van der Waals surface area contributed by atoms with Crippen molar-refractivity contribution in [3.8, 4) is 0 Å². The van der Waals surface area contributed by atoms with E-state index in [1.54, 1.807) is 0 Å². The first kappa shape index (κ1) is 15.3. The Morgan fingerprint density at radius 1 is 1.25 bits per heavy atom. The van der Waals surface area contributed by atoms with E-state index in [9.17, 15) is 13.6 Å². The van der Waals surface area contributed by atoms with Gasteiger partial charge in [0.05, 0.1) is 5.75 Å². The van der Waals surface area contributed by atoms with Gasteiger partial charge in [0.15, 0.2) is 11.6 Å². The van der Waals surface area contributed by atoms with Crippen LogP contribution in [0.4, 0.5) is 8.78 Å². The van der Waals surface area contributed by atoms with Crippen molar-refractivity contribution in [2.24, 2.45) is 11.8 Å². The number of amides is 1. The average Bonchev–Trinajstić information content (AvgIpc) is 2.38. The Bertz CT molecular complexity index is 485. The summed E-state index contributed by atoms with van der Waals surface area (Å²) in [4.78, 5) is 14.6. The Balaban J connectivity index is 1.89. The molecule has 0 aliphatic carbocycles. The summed E-state index contributed by atoms with van der Waals surface area (Å²) < 4.78 is 25.9. The van der Waals surface area contributed by atoms with Crippen LogP contribution in [0.2, 0.25) is 0 Å². The minimum atomic E-state index is -0.873. The molecular formula is C15H19F2NOS. The molecule has 1 aliphatic heterocycles. The third-order valence-corrected chi connectivity index (χ3v) is 4.45. The van der Waals surface area contributed by atoms with Crippen LogP contribution in [0.5, 0.6) is 0 Å². The molecule has 0 saturated carbocycles. The van der Waals surface area contributed by atoms with Gasteiger partial charge in [0.2, 0.25) is 5.91 Å². The van der Waals surface area contributed by atoms with Crippen LogP contribution in [0.1, 0.15) is 20.3 Å². The van der Waals surface area contributed by atoms with Gasteiger partial charge in [-0.1, -0.05) is 13.8 Å². The van der Waals surface area contributed by atoms with Crippen LogP contribution in [0.15, 0.2) is 23.1 Å². The minimum absolute atomic E-state index is 0.0677. The lowest BCUT2D eigenvalue weighted by molar-refractivity contribution is -0.130. The second kappa shape index (κ2) is 6.57. The first-order valence-electron chi connectivity index (χ1n) is 6.81. The molecule has 5 heteroatoms. The topological polar surface area (TPSA) is 20.3 Å². The number of likely N-dealkylation sites (tertiary alicyclic amines) is 1. The van der Waals surface area contributed by atoms with Gasteiger partial charge in [-0.15, -0.1) is 11.8 Å². The summed E-state index contributed by atoms with van der Waals surface area (Å²) in [5, 5.41) is 0. The van der Waals surface area contributed by atoms with Gasteiger partial charge in [0, 0.05) is 18.0 Å². The predicted molar refractivity (Wildman–Crippen MR) is 76.6 cm³/mol. The van der Waals surface area contributed by atoms with Crippen molar-refractivity contribution in [2.75, 3.05) is 18.8 Å². The maximum Gasteiger partial charge on any atom is 0.232 e. The quantitative estimate of drug-likeness (QED) is 0.795. The Kier molecular flexibility index (Phi) is 5.02. The number of hydrogen-bond donors (Lipinski definition) is 0. The van der Waals surface area contributed by atoms with E-state index in [1.807, 2.05) is 4.90 Å². The van der Waals surface area contributed by atoms with Crippen LogP contribution in [0.3, 0.4) is 0 Å². The zero-order valence-corrected chi connectivity index (χ0v) is 12.6. The highest BCUT2D eigenvalue weighted by molar-refractivity contribution is 8.00. The van der Waals surface area contributed by atoms with Gasteiger partial charge >= 0.3 is 0 Å². The lowest BCUT2D eigenvalue weighted by Gasteiger charge is -2.35. The monoisotopic (exact) mass is 299 g/mol. The summed E-state index contributed by atoms with van der Waals surface area (Å²) in [7, 11) is 0. The molecular weight excluding hydrogens is 280 g/mol. The van der Waals surface area contributed by atoms with Gasteiger partial charge in [-0.3, -0.25) is 4.79 Å². The predicted octanol–water partition coefficient (Wildman–Crippen LogP) is 3.56. The molecule has 20 heavy (non-hydrogen) atoms. The van der Waals surface area contributed by atoms with E-state index >= 15 is 0 Å². The van der Waals surface area contributed by atoms with Crippen molar-refractivity contribution in [3.63, 3.8) is 0 Å². The number of carbonyl (C=O) groups is 1. The number of halogens is 2. The third kappa shape index (κ3) is 3.95. The highest BCUT2D eigenvalue weighted by Gasteiger charge is 2.25. The SMILES string of the molecule is CC1CC(C)CN(C(=O)CSc2ccc(F)c(F)c2)C1. The smallest absolute Gasteiger partial charge is 0.232 e. The summed E-state index contributed by atoms with van der Waals surface area (Å²) in [5.41, 5.74) is 0. The molecule has 2 nitrogen and oxygen atoms in total. The Morgan fingerprint density at radius 3 is 2.50 bits per heavy atom. The molecule has 1 heterocycles. The average molecular weight is 299 g/mol. The van der Waals surface area contributed by atoms with Crippen molar-refractivity contribution < 1.29 is 13.6 Å². The normalized spacial score (nSPS) is 22.9. The van der Waals surface area contributed by atoms with E-state index in [1.165, 1.54) is 17.8 Å². The Morgan fingerprint density at radius 2 is 1.90 bits per heavy atom. The summed E-state index contributed by atoms with van der Waals surface area (Å²) in [6, 6.07) is 3.72. The minimum Gasteiger partial charge on any atom is -0.341 e. The van der Waals surface area contributed by atoms with Crippen molar-refractivity contribution >= 4 is 17.7 Å². The summed E-state index contributed by atoms with van der Waals surface area (Å²) in [6.45, 7) is 5.89. The van der Waals surface area contributed by atoms with Gasteiger partial charge < -0.3 is 4.90 Å². The molecule has 2 atom stereocenters. The molecule has 0 spiro atoms. The number of thioether (sulfide) groups is 1. The second-order valence-electron chi connectivity index (χ2n) is 5.61. The lowest BCUT2D eigenvalue weighted by atomic mass is 9.92. The van der Waals surface area contributed by atoms with Crippen molar-refractivity contribution in [2.45, 2.75) is 25.2 Å². The molecule has 1 amide bonds. The van der Waals surface area contributed by atoms with Gasteiger partial charge in [0.1, 0.15) is 0 Å². The number of benzene rings is 1. The second-order valence-corrected chi connectivity index (χ2v) is 6.66. The van der Waals surface area contributed by atoms with Crippen LogP contribution in [-0.2, 0) is 4.79 Å². The molecule has 110 valence electrons. The number of nitrogens with zero attached hydrogens (tertiary/aromatic N) is 1. The highest BCUT2D eigenvalue weighted by atomic mass is 32.2. The van der Waals surface area contributed by atoms with E-state index in [4.69, 9.17) is 0 Å². The standard InChI is InChI=1S/C15H19F2NOS/c1-10-5-11(2)8-18(7-10)15(19)9-20-12-3-4-13(16)14(17)6-12/h3-4,6,10-11H,5,7-9H2,1-2H3. The van der Waals surface area contributed by atoms with E-state index < -0.39 is 11.6 Å². The maximum absolute atomic E-state index is 13.1. The summed E-state index contributed by atoms with van der Waals surface area (Å²) in [6.07, 6.45) is 1.15. The molecule has 0 bridgehead atoms. The highest BCUT2D eigenvalue weighted by Crippen LogP contribution is 2.24. The third-order valence-electron chi connectivity index (χ3n) is 3.47. The number of hydrogen-bond acceptors (Lipinski definition) is 2. The van der Waals surface area contributed by atoms with E-state index in [0.29, 0.717) is 16.7 Å². The van der Waals surface area contributed by atoms with Crippen molar-refractivity contribution in [3.05, 3.63) is 29.8 Å². The number of carbonyl (C=O) groups excluding carboxylic acids is 1. The van der Waals surface area contributed by atoms with E-state index in [2.05, 4.69) is 13.8 Å². The molecule has 1 saturated heterocycles. The molecule has 0 N–H and O–H groups in total. The van der Waals surface area contributed by atoms with Crippen LogP contribution < -0.4 is 0 Å². The Hall–Kier alpha value is -1.10. The number of rotatable bonds is 3. The fraction of sp³-hybridized carbons (Fsp3) is 0.533. The molecule has 1 aromatic carbocycles. The fourth-order valence-corrected chi connectivity index (χ4v) is 3.49. The zero-order valence-electron chi connectivity index (χ0n) is 11.7. The summed E-state index contributed by atoms with van der Waals surface area (Å²) in [5.74, 6) is -0.350. The largest absolute Gasteiger partial charge is 0.341 e. The first-order valence-corrected chi connectivity index (χ1v) is 7.80. The Labute approximate surface area is 122 Å². The summed E-state index contributed by atoms with van der Waals surface area (Å²) >= 11 is 1.25. The van der Waals surface area contributed by atoms with Crippen molar-refractivity contribution in [1.29, 1.82) is 0 Å². The van der Waals surface area contributed by atoms with E-state index in [-0.39, 0.29) is 11.7 Å². The molecule has 2 rings (SSSR count). The van der Waals surface area contributed by atoms with Crippen LogP contribution in [0.25, 0.3) is 0 Å². The van der Waals surface area contributed by atoms with Crippen LogP contribution in [0, 0.1) is 23.5 Å². The fourth-order valence-electron chi connectivity index (χ4n) is 2.67. The van der Waals surface area contributed by atoms with Crippen LogP contribution >= 0.6 is 11.8 Å². The van der Waals surface area contributed by atoms with Gasteiger partial charge in [-0.25, -0.2) is 8.78 Å².